The van der Waals surface area contributed by atoms with Crippen LogP contribution in [0.3, 0.4) is 0 Å². The lowest BCUT2D eigenvalue weighted by molar-refractivity contribution is -0.174. The van der Waals surface area contributed by atoms with Crippen molar-refractivity contribution in [2.45, 2.75) is 71.8 Å². The average molecular weight is 365 g/mol. The van der Waals surface area contributed by atoms with Crippen molar-refractivity contribution in [1.82, 2.24) is 0 Å². The normalized spacial score (nSPS) is 53.6. The van der Waals surface area contributed by atoms with E-state index in [1.165, 1.54) is 0 Å². The number of aliphatic hydroxyl groups is 1. The fraction of sp³-hybridized carbons (Fsp3) is 0.909. The zero-order valence-electron chi connectivity index (χ0n) is 16.3. The topological polar surface area (TPSA) is 54.4 Å². The predicted octanol–water partition coefficient (Wildman–Crippen LogP) is 3.97. The van der Waals surface area contributed by atoms with Gasteiger partial charge in [0.15, 0.2) is 0 Å². The second-order valence-corrected chi connectivity index (χ2v) is 10.3. The molecule has 4 fully saturated rings. The fourth-order valence-electron chi connectivity index (χ4n) is 8.30. The summed E-state index contributed by atoms with van der Waals surface area (Å²) in [6.07, 6.45) is 5.17. The molecule has 0 spiro atoms. The molecule has 0 amide bonds. The molecule has 0 aromatic carbocycles. The van der Waals surface area contributed by atoms with Crippen molar-refractivity contribution in [2.75, 3.05) is 6.67 Å². The lowest BCUT2D eigenvalue weighted by atomic mass is 9.44. The molecule has 0 aromatic heterocycles. The van der Waals surface area contributed by atoms with Gasteiger partial charge in [0.25, 0.3) is 0 Å². The highest BCUT2D eigenvalue weighted by Crippen LogP contribution is 2.68. The highest BCUT2D eigenvalue weighted by atomic mass is 19.1. The third kappa shape index (κ3) is 2.40. The smallest absolute Gasteiger partial charge is 0.133 e. The molecule has 1 N–H and O–H groups in total. The van der Waals surface area contributed by atoms with E-state index in [1.807, 2.05) is 0 Å². The Morgan fingerprint density at radius 3 is 2.65 bits per heavy atom. The highest BCUT2D eigenvalue weighted by Gasteiger charge is 2.65. The zero-order chi connectivity index (χ0) is 18.9. The van der Waals surface area contributed by atoms with Gasteiger partial charge in [0.05, 0.1) is 12.8 Å². The van der Waals surface area contributed by atoms with E-state index in [2.05, 4.69) is 13.8 Å². The summed E-state index contributed by atoms with van der Waals surface area (Å²) in [4.78, 5) is 24.4. The van der Waals surface area contributed by atoms with Crippen LogP contribution in [0.1, 0.15) is 65.7 Å². The van der Waals surface area contributed by atoms with Crippen LogP contribution in [0, 0.1) is 46.3 Å². The van der Waals surface area contributed by atoms with Crippen molar-refractivity contribution in [2.24, 2.45) is 46.3 Å². The van der Waals surface area contributed by atoms with Crippen LogP contribution in [0.15, 0.2) is 0 Å². The summed E-state index contributed by atoms with van der Waals surface area (Å²) in [5, 5.41) is 11.3. The number of carbonyl (C=O) groups excluding carboxylic acids is 2. The molecule has 26 heavy (non-hydrogen) atoms. The third-order valence-corrected chi connectivity index (χ3v) is 9.22. The van der Waals surface area contributed by atoms with Gasteiger partial charge in [-0.3, -0.25) is 14.0 Å². The van der Waals surface area contributed by atoms with Gasteiger partial charge in [0, 0.05) is 18.8 Å². The van der Waals surface area contributed by atoms with Crippen LogP contribution >= 0.6 is 0 Å². The lowest BCUT2D eigenvalue weighted by Crippen LogP contribution is -2.59. The van der Waals surface area contributed by atoms with Crippen LogP contribution in [0.5, 0.6) is 0 Å². The minimum Gasteiger partial charge on any atom is -0.393 e. The minimum atomic E-state index is -0.442. The molecule has 0 aliphatic heterocycles. The summed E-state index contributed by atoms with van der Waals surface area (Å²) < 4.78 is 13.8. The van der Waals surface area contributed by atoms with Crippen molar-refractivity contribution in [3.05, 3.63) is 0 Å². The van der Waals surface area contributed by atoms with Crippen molar-refractivity contribution in [1.29, 1.82) is 0 Å². The summed E-state index contributed by atoms with van der Waals surface area (Å²) in [7, 11) is 0. The summed E-state index contributed by atoms with van der Waals surface area (Å²) in [6.45, 7) is 5.59. The van der Waals surface area contributed by atoms with Crippen molar-refractivity contribution < 1.29 is 19.1 Å². The number of hydrogen-bond donors (Lipinski definition) is 1. The van der Waals surface area contributed by atoms with Crippen LogP contribution in [-0.2, 0) is 9.59 Å². The van der Waals surface area contributed by atoms with Gasteiger partial charge >= 0.3 is 0 Å². The SMILES string of the molecule is CC(=O)[C@H]1[C@H](CF)C[C@H]2[C@@H]3CC[C@@H]4CC(=O)CC[C@]4(C)[C@H]3[C@@H](O)C[C@@]21C. The second kappa shape index (κ2) is 6.12. The number of hydrogen-bond acceptors (Lipinski definition) is 3. The quantitative estimate of drug-likeness (QED) is 0.807. The Hall–Kier alpha value is -0.770. The highest BCUT2D eigenvalue weighted by molar-refractivity contribution is 5.80. The molecule has 0 radical (unpaired) electrons. The third-order valence-electron chi connectivity index (χ3n) is 9.22. The molecule has 4 aliphatic rings. The first-order valence-corrected chi connectivity index (χ1v) is 10.5. The van der Waals surface area contributed by atoms with Crippen LogP contribution in [0.4, 0.5) is 4.39 Å². The summed E-state index contributed by atoms with van der Waals surface area (Å²) in [6, 6.07) is 0. The van der Waals surface area contributed by atoms with E-state index < -0.39 is 12.8 Å². The lowest BCUT2D eigenvalue weighted by Gasteiger charge is -2.61. The number of fused-ring (bicyclic) bond motifs is 5. The van der Waals surface area contributed by atoms with Crippen LogP contribution in [0.25, 0.3) is 0 Å². The Labute approximate surface area is 156 Å². The molecule has 4 rings (SSSR count). The van der Waals surface area contributed by atoms with Crippen LogP contribution in [-0.4, -0.2) is 29.5 Å². The second-order valence-electron chi connectivity index (χ2n) is 10.3. The minimum absolute atomic E-state index is 0.0110. The van der Waals surface area contributed by atoms with E-state index in [9.17, 15) is 19.1 Å². The Kier molecular flexibility index (Phi) is 4.37. The number of alkyl halides is 1. The molecule has 0 unspecified atom stereocenters. The maximum Gasteiger partial charge on any atom is 0.133 e. The molecule has 0 heterocycles. The Bertz CT molecular complexity index is 619. The Balaban J connectivity index is 1.70. The molecule has 0 saturated heterocycles. The molecule has 3 nitrogen and oxygen atoms in total. The molecule has 4 aliphatic carbocycles. The van der Waals surface area contributed by atoms with Crippen LogP contribution in [0.2, 0.25) is 0 Å². The zero-order valence-corrected chi connectivity index (χ0v) is 16.3. The molecule has 4 heteroatoms. The first-order valence-electron chi connectivity index (χ1n) is 10.5. The predicted molar refractivity (Wildman–Crippen MR) is 97.1 cm³/mol. The largest absolute Gasteiger partial charge is 0.393 e. The first kappa shape index (κ1) is 18.6. The first-order chi connectivity index (χ1) is 12.2. The van der Waals surface area contributed by atoms with Gasteiger partial charge in [-0.25, -0.2) is 0 Å². The summed E-state index contributed by atoms with van der Waals surface area (Å²) in [5.41, 5.74) is -0.270. The summed E-state index contributed by atoms with van der Waals surface area (Å²) in [5.74, 6) is 1.27. The maximum absolute atomic E-state index is 13.8. The van der Waals surface area contributed by atoms with E-state index >= 15 is 0 Å². The maximum atomic E-state index is 13.8. The van der Waals surface area contributed by atoms with Crippen molar-refractivity contribution >= 4 is 11.6 Å². The average Bonchev–Trinajstić information content (AvgIpc) is 2.87. The van der Waals surface area contributed by atoms with E-state index in [4.69, 9.17) is 0 Å². The molecule has 146 valence electrons. The number of Topliss-reactive ketones (excluding diaryl/α,β-unsaturated/α-hetero) is 2. The molecular weight excluding hydrogens is 331 g/mol. The Morgan fingerprint density at radius 2 is 2.00 bits per heavy atom. The Morgan fingerprint density at radius 1 is 1.27 bits per heavy atom. The van der Waals surface area contributed by atoms with E-state index in [0.717, 1.165) is 25.7 Å². The summed E-state index contributed by atoms with van der Waals surface area (Å²) >= 11 is 0. The van der Waals surface area contributed by atoms with E-state index in [1.54, 1.807) is 6.92 Å². The van der Waals surface area contributed by atoms with Crippen LogP contribution < -0.4 is 0 Å². The molecule has 4 saturated carbocycles. The van der Waals surface area contributed by atoms with Crippen molar-refractivity contribution in [3.8, 4) is 0 Å². The van der Waals surface area contributed by atoms with Gasteiger partial charge < -0.3 is 5.11 Å². The van der Waals surface area contributed by atoms with Gasteiger partial charge in [-0.05, 0) is 79.4 Å². The number of aliphatic hydroxyl groups excluding tert-OH is 1. The monoisotopic (exact) mass is 364 g/mol. The molecule has 9 atom stereocenters. The fourth-order valence-corrected chi connectivity index (χ4v) is 8.30. The van der Waals surface area contributed by atoms with Gasteiger partial charge in [-0.1, -0.05) is 13.8 Å². The van der Waals surface area contributed by atoms with Gasteiger partial charge in [-0.2, -0.15) is 0 Å². The molecule has 0 bridgehead atoms. The van der Waals surface area contributed by atoms with Gasteiger partial charge in [0.2, 0.25) is 0 Å². The van der Waals surface area contributed by atoms with E-state index in [0.29, 0.717) is 42.8 Å². The standard InChI is InChI=1S/C22H33FO3/c1-12(24)19-13(11-23)8-17-16-5-4-14-9-15(25)6-7-21(14,2)20(16)18(26)10-22(17,19)3/h13-14,16-20,26H,4-11H2,1-3H3/t13-,14+,16-,17-,18-,19-,20+,21-,22-/m0/s1. The number of halogens is 1. The number of carbonyl (C=O) groups is 2. The van der Waals surface area contributed by atoms with Gasteiger partial charge in [-0.15, -0.1) is 0 Å². The van der Waals surface area contributed by atoms with E-state index in [-0.39, 0.29) is 34.4 Å². The van der Waals surface area contributed by atoms with Crippen molar-refractivity contribution in [3.63, 3.8) is 0 Å². The molecular formula is C22H33FO3. The number of ketones is 2. The number of rotatable bonds is 2. The van der Waals surface area contributed by atoms with Gasteiger partial charge in [0.1, 0.15) is 11.6 Å². The molecule has 0 aromatic rings.